The van der Waals surface area contributed by atoms with Crippen LogP contribution in [0.15, 0.2) is 55.0 Å². The van der Waals surface area contributed by atoms with Gasteiger partial charge in [0.05, 0.1) is 42.2 Å². The fraction of sp³-hybridized carbons (Fsp3) is 0.136. The molecular weight excluding hydrogens is 414 g/mol. The van der Waals surface area contributed by atoms with Crippen molar-refractivity contribution in [2.24, 2.45) is 0 Å². The average Bonchev–Trinajstić information content (AvgIpc) is 3.39. The van der Waals surface area contributed by atoms with E-state index in [1.165, 1.54) is 6.20 Å². The van der Waals surface area contributed by atoms with Gasteiger partial charge in [0.2, 0.25) is 0 Å². The zero-order chi connectivity index (χ0) is 21.8. The van der Waals surface area contributed by atoms with Gasteiger partial charge in [0.25, 0.3) is 5.91 Å². The van der Waals surface area contributed by atoms with E-state index in [0.29, 0.717) is 27.9 Å². The summed E-state index contributed by atoms with van der Waals surface area (Å²) in [6.45, 7) is 2.45. The number of nitrogens with one attached hydrogen (secondary N) is 1. The molecule has 4 rings (SSSR count). The van der Waals surface area contributed by atoms with Crippen molar-refractivity contribution in [3.63, 3.8) is 0 Å². The van der Waals surface area contributed by atoms with Gasteiger partial charge >= 0.3 is 5.97 Å². The summed E-state index contributed by atoms with van der Waals surface area (Å²) in [5, 5.41) is 12.9. The molecule has 31 heavy (non-hydrogen) atoms. The molecule has 4 aromatic rings. The molecule has 3 aromatic heterocycles. The second-order valence-electron chi connectivity index (χ2n) is 6.54. The average molecular weight is 431 g/mol. The number of esters is 1. The number of nitriles is 1. The highest BCUT2D eigenvalue weighted by atomic mass is 32.1. The molecular formula is C22H17N5O3S. The van der Waals surface area contributed by atoms with Gasteiger partial charge in [-0.25, -0.2) is 9.78 Å². The molecule has 9 heteroatoms. The Bertz CT molecular complexity index is 1300. The smallest absolute Gasteiger partial charge is 0.350 e. The number of carbonyl (C=O) groups excluding carboxylic acids is 2. The van der Waals surface area contributed by atoms with Crippen molar-refractivity contribution in [3.05, 3.63) is 76.7 Å². The molecule has 0 radical (unpaired) electrons. The number of pyridine rings is 1. The van der Waals surface area contributed by atoms with Crippen molar-refractivity contribution in [1.29, 1.82) is 5.26 Å². The molecule has 0 aliphatic carbocycles. The molecule has 0 saturated carbocycles. The third kappa shape index (κ3) is 4.29. The van der Waals surface area contributed by atoms with Gasteiger partial charge in [-0.05, 0) is 37.3 Å². The standard InChI is InChI=1S/C22H17N5O3S/c1-2-30-21(29)19-11-25-22(31-19)26-20(28)17-13-27(12-15-5-3-4-8-24-15)18-7-6-14(10-23)9-16(17)18/h3-9,11,13H,2,12H2,1H3,(H,25,26,28). The molecule has 3 heterocycles. The molecule has 0 saturated heterocycles. The molecule has 1 N–H and O–H groups in total. The van der Waals surface area contributed by atoms with E-state index >= 15 is 0 Å². The van der Waals surface area contributed by atoms with Gasteiger partial charge in [0.15, 0.2) is 5.13 Å². The molecule has 1 aromatic carbocycles. The Hall–Kier alpha value is -4.03. The topological polar surface area (TPSA) is 110 Å². The first-order valence-electron chi connectivity index (χ1n) is 9.46. The Kier molecular flexibility index (Phi) is 5.73. The van der Waals surface area contributed by atoms with Gasteiger partial charge < -0.3 is 9.30 Å². The lowest BCUT2D eigenvalue weighted by molar-refractivity contribution is 0.0531. The molecule has 0 spiro atoms. The van der Waals surface area contributed by atoms with Crippen LogP contribution in [0.4, 0.5) is 5.13 Å². The number of amides is 1. The van der Waals surface area contributed by atoms with Gasteiger partial charge in [-0.2, -0.15) is 5.26 Å². The highest BCUT2D eigenvalue weighted by Crippen LogP contribution is 2.26. The van der Waals surface area contributed by atoms with E-state index in [4.69, 9.17) is 4.74 Å². The molecule has 154 valence electrons. The van der Waals surface area contributed by atoms with Crippen LogP contribution in [0.3, 0.4) is 0 Å². The van der Waals surface area contributed by atoms with E-state index in [0.717, 1.165) is 22.5 Å². The maximum Gasteiger partial charge on any atom is 0.350 e. The number of thiazole rings is 1. The summed E-state index contributed by atoms with van der Waals surface area (Å²) in [5.41, 5.74) is 2.50. The van der Waals surface area contributed by atoms with Crippen LogP contribution < -0.4 is 5.32 Å². The number of benzene rings is 1. The first kappa shape index (κ1) is 20.3. The van der Waals surface area contributed by atoms with E-state index in [9.17, 15) is 14.9 Å². The minimum atomic E-state index is -0.480. The lowest BCUT2D eigenvalue weighted by Crippen LogP contribution is -2.11. The van der Waals surface area contributed by atoms with Crippen LogP contribution in [0, 0.1) is 11.3 Å². The zero-order valence-corrected chi connectivity index (χ0v) is 17.3. The predicted molar refractivity (Wildman–Crippen MR) is 116 cm³/mol. The van der Waals surface area contributed by atoms with E-state index in [2.05, 4.69) is 21.4 Å². The van der Waals surface area contributed by atoms with Crippen LogP contribution >= 0.6 is 11.3 Å². The fourth-order valence-electron chi connectivity index (χ4n) is 3.14. The van der Waals surface area contributed by atoms with Gasteiger partial charge in [0, 0.05) is 23.3 Å². The molecule has 0 unspecified atom stereocenters. The summed E-state index contributed by atoms with van der Waals surface area (Å²) in [5.74, 6) is -0.865. The minimum Gasteiger partial charge on any atom is -0.462 e. The Balaban J connectivity index is 1.67. The number of aromatic nitrogens is 3. The molecule has 0 bridgehead atoms. The van der Waals surface area contributed by atoms with Crippen molar-refractivity contribution in [3.8, 4) is 6.07 Å². The van der Waals surface area contributed by atoms with E-state index in [1.807, 2.05) is 28.8 Å². The lowest BCUT2D eigenvalue weighted by Gasteiger charge is -2.04. The SMILES string of the molecule is CCOC(=O)c1cnc(NC(=O)c2cn(Cc3ccccn3)c3ccc(C#N)cc23)s1. The summed E-state index contributed by atoms with van der Waals surface area (Å²) >= 11 is 1.04. The van der Waals surface area contributed by atoms with Crippen LogP contribution in [0.25, 0.3) is 10.9 Å². The maximum absolute atomic E-state index is 13.0. The molecule has 0 fully saturated rings. The number of fused-ring (bicyclic) bond motifs is 1. The number of ether oxygens (including phenoxy) is 1. The second kappa shape index (κ2) is 8.77. The van der Waals surface area contributed by atoms with Crippen molar-refractivity contribution in [2.75, 3.05) is 11.9 Å². The van der Waals surface area contributed by atoms with E-state index < -0.39 is 5.97 Å². The number of anilines is 1. The van der Waals surface area contributed by atoms with Gasteiger partial charge in [0.1, 0.15) is 4.88 Å². The van der Waals surface area contributed by atoms with E-state index in [1.54, 1.807) is 31.5 Å². The van der Waals surface area contributed by atoms with Gasteiger partial charge in [-0.3, -0.25) is 15.1 Å². The minimum absolute atomic E-state index is 0.259. The van der Waals surface area contributed by atoms with Crippen LogP contribution in [0.2, 0.25) is 0 Å². The summed E-state index contributed by atoms with van der Waals surface area (Å²) < 4.78 is 6.87. The first-order chi connectivity index (χ1) is 15.1. The lowest BCUT2D eigenvalue weighted by atomic mass is 10.1. The highest BCUT2D eigenvalue weighted by molar-refractivity contribution is 7.17. The summed E-state index contributed by atoms with van der Waals surface area (Å²) in [4.78, 5) is 33.6. The number of hydrogen-bond donors (Lipinski definition) is 1. The Morgan fingerprint density at radius 3 is 2.87 bits per heavy atom. The number of nitrogens with zero attached hydrogens (tertiary/aromatic N) is 4. The van der Waals surface area contributed by atoms with E-state index in [-0.39, 0.29) is 17.6 Å². The van der Waals surface area contributed by atoms with Crippen molar-refractivity contribution >= 4 is 39.2 Å². The van der Waals surface area contributed by atoms with Crippen molar-refractivity contribution in [1.82, 2.24) is 14.5 Å². The third-order valence-corrected chi connectivity index (χ3v) is 5.41. The quantitative estimate of drug-likeness (QED) is 0.465. The molecule has 8 nitrogen and oxygen atoms in total. The van der Waals surface area contributed by atoms with Gasteiger partial charge in [-0.1, -0.05) is 17.4 Å². The molecule has 1 amide bonds. The fourth-order valence-corrected chi connectivity index (χ4v) is 3.84. The first-order valence-corrected chi connectivity index (χ1v) is 10.3. The van der Waals surface area contributed by atoms with Crippen molar-refractivity contribution < 1.29 is 14.3 Å². The molecule has 0 aliphatic heterocycles. The van der Waals surface area contributed by atoms with Crippen LogP contribution in [-0.4, -0.2) is 33.0 Å². The normalized spacial score (nSPS) is 10.6. The summed E-state index contributed by atoms with van der Waals surface area (Å²) in [6, 6.07) is 13.0. The molecule has 0 atom stereocenters. The Morgan fingerprint density at radius 2 is 2.13 bits per heavy atom. The Morgan fingerprint density at radius 1 is 1.26 bits per heavy atom. The molecule has 0 aliphatic rings. The second-order valence-corrected chi connectivity index (χ2v) is 7.57. The Labute approximate surface area is 181 Å². The predicted octanol–water partition coefficient (Wildman–Crippen LogP) is 3.84. The maximum atomic E-state index is 13.0. The monoisotopic (exact) mass is 431 g/mol. The van der Waals surface area contributed by atoms with Crippen LogP contribution in [-0.2, 0) is 11.3 Å². The van der Waals surface area contributed by atoms with Crippen molar-refractivity contribution in [2.45, 2.75) is 13.5 Å². The number of hydrogen-bond acceptors (Lipinski definition) is 7. The summed E-state index contributed by atoms with van der Waals surface area (Å²) in [7, 11) is 0. The third-order valence-electron chi connectivity index (χ3n) is 4.52. The van der Waals surface area contributed by atoms with Gasteiger partial charge in [-0.15, -0.1) is 0 Å². The summed E-state index contributed by atoms with van der Waals surface area (Å²) in [6.07, 6.45) is 4.82. The number of carbonyl (C=O) groups is 2. The zero-order valence-electron chi connectivity index (χ0n) is 16.5. The largest absolute Gasteiger partial charge is 0.462 e. The number of rotatable bonds is 6. The van der Waals surface area contributed by atoms with Crippen LogP contribution in [0.5, 0.6) is 0 Å². The highest BCUT2D eigenvalue weighted by Gasteiger charge is 2.19. The van der Waals surface area contributed by atoms with Crippen LogP contribution in [0.1, 0.15) is 38.2 Å².